The van der Waals surface area contributed by atoms with Gasteiger partial charge in [-0.2, -0.15) is 5.10 Å². The van der Waals surface area contributed by atoms with E-state index >= 15 is 0 Å². The van der Waals surface area contributed by atoms with Crippen molar-refractivity contribution in [3.63, 3.8) is 0 Å². The number of carbonyl (C=O) groups is 2. The number of likely N-dealkylation sites (N-methyl/N-ethyl adjacent to an activating group) is 1. The Morgan fingerprint density at radius 1 is 1.26 bits per heavy atom. The zero-order chi connectivity index (χ0) is 25.9. The van der Waals surface area contributed by atoms with Crippen LogP contribution in [-0.4, -0.2) is 80.2 Å². The van der Waals surface area contributed by atoms with Crippen LogP contribution in [0.2, 0.25) is 0 Å². The topological polar surface area (TPSA) is 88.9 Å². The number of hydrogen-bond acceptors (Lipinski definition) is 7. The zero-order valence-corrected chi connectivity index (χ0v) is 22.8. The number of anilines is 1. The normalized spacial score (nSPS) is 16.2. The van der Waals surface area contributed by atoms with Crippen molar-refractivity contribution in [2.75, 3.05) is 58.6 Å². The van der Waals surface area contributed by atoms with Crippen molar-refractivity contribution in [3.05, 3.63) is 35.0 Å². The number of carbonyl (C=O) groups excluding carboxylic acids is 2. The van der Waals surface area contributed by atoms with Crippen LogP contribution in [0.15, 0.2) is 18.2 Å². The highest BCUT2D eigenvalue weighted by Crippen LogP contribution is 2.50. The summed E-state index contributed by atoms with van der Waals surface area (Å²) in [5, 5.41) is 7.54. The lowest BCUT2D eigenvalue weighted by atomic mass is 9.87. The van der Waals surface area contributed by atoms with E-state index in [-0.39, 0.29) is 34.8 Å². The van der Waals surface area contributed by atoms with Crippen molar-refractivity contribution < 1.29 is 19.1 Å². The molecule has 1 aromatic heterocycles. The molecule has 1 aliphatic rings. The van der Waals surface area contributed by atoms with Crippen LogP contribution in [0.1, 0.15) is 42.8 Å². The molecule has 3 rings (SSSR count). The van der Waals surface area contributed by atoms with Crippen molar-refractivity contribution in [2.24, 2.45) is 7.05 Å². The lowest BCUT2D eigenvalue weighted by Gasteiger charge is -2.25. The maximum Gasteiger partial charge on any atom is 0.240 e. The van der Waals surface area contributed by atoms with Crippen LogP contribution in [0, 0.1) is 0 Å². The third-order valence-electron chi connectivity index (χ3n) is 5.86. The Balaban J connectivity index is 2.13. The minimum Gasteiger partial charge on any atom is -0.497 e. The molecule has 1 aromatic carbocycles. The van der Waals surface area contributed by atoms with E-state index in [2.05, 4.69) is 26.1 Å². The van der Waals surface area contributed by atoms with Gasteiger partial charge in [0.2, 0.25) is 11.8 Å². The fourth-order valence-corrected chi connectivity index (χ4v) is 5.36. The molecule has 1 aliphatic heterocycles. The van der Waals surface area contributed by atoms with Gasteiger partial charge in [0.15, 0.2) is 0 Å². The Labute approximate surface area is 212 Å². The Morgan fingerprint density at radius 2 is 1.97 bits per heavy atom. The Kier molecular flexibility index (Phi) is 8.38. The third-order valence-corrected chi connectivity index (χ3v) is 7.09. The third kappa shape index (κ3) is 5.92. The van der Waals surface area contributed by atoms with Crippen LogP contribution in [0.5, 0.6) is 11.5 Å². The minimum absolute atomic E-state index is 0.0646. The van der Waals surface area contributed by atoms with E-state index in [0.29, 0.717) is 23.9 Å². The first-order valence-electron chi connectivity index (χ1n) is 11.6. The quantitative estimate of drug-likeness (QED) is 0.592. The van der Waals surface area contributed by atoms with Gasteiger partial charge in [0.25, 0.3) is 0 Å². The number of fused-ring (bicyclic) bond motifs is 1. The van der Waals surface area contributed by atoms with Gasteiger partial charge in [-0.05, 0) is 32.3 Å². The molecule has 0 aliphatic carbocycles. The van der Waals surface area contributed by atoms with E-state index in [1.54, 1.807) is 23.8 Å². The second-order valence-corrected chi connectivity index (χ2v) is 11.0. The summed E-state index contributed by atoms with van der Waals surface area (Å²) < 4.78 is 12.9. The van der Waals surface area contributed by atoms with Gasteiger partial charge in [-0.15, -0.1) is 11.8 Å². The molecule has 1 atom stereocenters. The molecule has 2 heterocycles. The fourth-order valence-electron chi connectivity index (χ4n) is 4.15. The largest absolute Gasteiger partial charge is 0.497 e. The highest BCUT2D eigenvalue weighted by molar-refractivity contribution is 8.00. The first-order chi connectivity index (χ1) is 16.5. The number of nitrogens with one attached hydrogen (secondary N) is 1. The first kappa shape index (κ1) is 26.9. The Bertz CT molecular complexity index is 1080. The van der Waals surface area contributed by atoms with Gasteiger partial charge < -0.3 is 19.7 Å². The molecule has 1 unspecified atom stereocenters. The molecule has 2 aromatic rings. The van der Waals surface area contributed by atoms with Gasteiger partial charge in [-0.3, -0.25) is 19.2 Å². The van der Waals surface area contributed by atoms with Gasteiger partial charge in [0.1, 0.15) is 23.9 Å². The lowest BCUT2D eigenvalue weighted by Crippen LogP contribution is -2.43. The smallest absolute Gasteiger partial charge is 0.240 e. The van der Waals surface area contributed by atoms with Crippen LogP contribution >= 0.6 is 11.8 Å². The second kappa shape index (κ2) is 10.9. The summed E-state index contributed by atoms with van der Waals surface area (Å²) in [6.07, 6.45) is 0. The molecule has 10 heteroatoms. The molecule has 0 radical (unpaired) electrons. The summed E-state index contributed by atoms with van der Waals surface area (Å²) in [5.74, 6) is 1.94. The summed E-state index contributed by atoms with van der Waals surface area (Å²) in [6, 6.07) is 5.69. The average molecular weight is 504 g/mol. The van der Waals surface area contributed by atoms with Crippen molar-refractivity contribution in [1.82, 2.24) is 20.0 Å². The number of hydrogen-bond donors (Lipinski definition) is 1. The standard InChI is InChI=1S/C25H37N5O4S/c1-25(2,3)23-21-22(17-13-16(33-7)9-10-18(17)34-8)35-15-20(32)30(24(21)29(6)27-23)14-19(31)26-11-12-28(4)5/h9-10,13,22H,11-12,14-15H2,1-8H3,(H,26,31). The molecule has 192 valence electrons. The molecule has 35 heavy (non-hydrogen) atoms. The number of ether oxygens (including phenoxy) is 2. The van der Waals surface area contributed by atoms with Crippen molar-refractivity contribution >= 4 is 29.4 Å². The molecule has 2 amide bonds. The molecule has 0 fully saturated rings. The maximum absolute atomic E-state index is 13.4. The number of rotatable bonds is 8. The van der Waals surface area contributed by atoms with E-state index < -0.39 is 0 Å². The summed E-state index contributed by atoms with van der Waals surface area (Å²) in [4.78, 5) is 29.8. The van der Waals surface area contributed by atoms with Crippen LogP contribution in [0.25, 0.3) is 0 Å². The fraction of sp³-hybridized carbons (Fsp3) is 0.560. The van der Waals surface area contributed by atoms with Gasteiger partial charge in [0, 0.05) is 36.7 Å². The van der Waals surface area contributed by atoms with Crippen LogP contribution < -0.4 is 19.7 Å². The van der Waals surface area contributed by atoms with Crippen molar-refractivity contribution in [2.45, 2.75) is 31.4 Å². The number of aryl methyl sites for hydroxylation is 1. The summed E-state index contributed by atoms with van der Waals surface area (Å²) in [6.45, 7) is 7.47. The van der Waals surface area contributed by atoms with E-state index in [0.717, 1.165) is 23.4 Å². The van der Waals surface area contributed by atoms with E-state index in [9.17, 15) is 9.59 Å². The molecule has 0 spiro atoms. The zero-order valence-electron chi connectivity index (χ0n) is 22.0. The van der Waals surface area contributed by atoms with Crippen molar-refractivity contribution in [1.29, 1.82) is 0 Å². The van der Waals surface area contributed by atoms with Gasteiger partial charge in [0.05, 0.1) is 30.9 Å². The molecular formula is C25H37N5O4S. The van der Waals surface area contributed by atoms with Crippen LogP contribution in [-0.2, 0) is 22.1 Å². The van der Waals surface area contributed by atoms with Crippen LogP contribution in [0.4, 0.5) is 5.82 Å². The summed E-state index contributed by atoms with van der Waals surface area (Å²) in [5.41, 5.74) is 2.42. The number of methoxy groups -OCH3 is 2. The molecule has 9 nitrogen and oxygen atoms in total. The van der Waals surface area contributed by atoms with Gasteiger partial charge >= 0.3 is 0 Å². The molecule has 1 N–H and O–H groups in total. The molecular weight excluding hydrogens is 466 g/mol. The number of nitrogens with zero attached hydrogens (tertiary/aromatic N) is 4. The predicted octanol–water partition coefficient (Wildman–Crippen LogP) is 2.58. The Hall–Kier alpha value is -2.72. The van der Waals surface area contributed by atoms with Gasteiger partial charge in [-0.1, -0.05) is 20.8 Å². The minimum atomic E-state index is -0.288. The number of amides is 2. The number of thioether (sulfide) groups is 1. The number of benzene rings is 1. The monoisotopic (exact) mass is 503 g/mol. The SMILES string of the molecule is COc1ccc(OC)c(C2SCC(=O)N(CC(=O)NCCN(C)C)c3c2c(C(C)(C)C)nn3C)c1. The second-order valence-electron chi connectivity index (χ2n) is 9.89. The molecule has 0 saturated carbocycles. The maximum atomic E-state index is 13.4. The summed E-state index contributed by atoms with van der Waals surface area (Å²) >= 11 is 1.51. The molecule has 0 saturated heterocycles. The highest BCUT2D eigenvalue weighted by Gasteiger charge is 2.39. The lowest BCUT2D eigenvalue weighted by molar-refractivity contribution is -0.122. The predicted molar refractivity (Wildman–Crippen MR) is 140 cm³/mol. The van der Waals surface area contributed by atoms with Gasteiger partial charge in [-0.25, -0.2) is 0 Å². The summed E-state index contributed by atoms with van der Waals surface area (Å²) in [7, 11) is 8.99. The highest BCUT2D eigenvalue weighted by atomic mass is 32.2. The van der Waals surface area contributed by atoms with E-state index in [4.69, 9.17) is 14.6 Å². The molecule has 0 bridgehead atoms. The first-order valence-corrected chi connectivity index (χ1v) is 12.7. The Morgan fingerprint density at radius 3 is 2.57 bits per heavy atom. The number of aromatic nitrogens is 2. The van der Waals surface area contributed by atoms with E-state index in [1.807, 2.05) is 44.2 Å². The van der Waals surface area contributed by atoms with Crippen molar-refractivity contribution in [3.8, 4) is 11.5 Å². The van der Waals surface area contributed by atoms with Crippen LogP contribution in [0.3, 0.4) is 0 Å². The average Bonchev–Trinajstić information content (AvgIpc) is 3.07. The van der Waals surface area contributed by atoms with E-state index in [1.165, 1.54) is 11.8 Å².